The number of carbonyl (C=O) groups excluding carboxylic acids is 1. The van der Waals surface area contributed by atoms with E-state index in [1.54, 1.807) is 0 Å². The molecule has 2 aromatic rings. The van der Waals surface area contributed by atoms with Gasteiger partial charge in [0.15, 0.2) is 0 Å². The summed E-state index contributed by atoms with van der Waals surface area (Å²) in [5, 5.41) is 11.3. The first-order valence-electron chi connectivity index (χ1n) is 5.43. The van der Waals surface area contributed by atoms with Gasteiger partial charge in [-0.2, -0.15) is 0 Å². The highest BCUT2D eigenvalue weighted by Crippen LogP contribution is 2.23. The predicted octanol–water partition coefficient (Wildman–Crippen LogP) is 2.93. The maximum absolute atomic E-state index is 12.9. The van der Waals surface area contributed by atoms with Crippen LogP contribution < -0.4 is 5.32 Å². The van der Waals surface area contributed by atoms with Crippen molar-refractivity contribution in [3.8, 4) is 0 Å². The third kappa shape index (κ3) is 3.18. The summed E-state index contributed by atoms with van der Waals surface area (Å²) in [4.78, 5) is 26.2. The van der Waals surface area contributed by atoms with E-state index in [9.17, 15) is 14.0 Å². The van der Waals surface area contributed by atoms with E-state index in [-0.39, 0.29) is 11.3 Å². The van der Waals surface area contributed by atoms with E-state index >= 15 is 0 Å². The maximum Gasteiger partial charge on any atom is 0.354 e. The van der Waals surface area contributed by atoms with Gasteiger partial charge in [-0.1, -0.05) is 0 Å². The van der Waals surface area contributed by atoms with Crippen LogP contribution in [-0.4, -0.2) is 22.0 Å². The maximum atomic E-state index is 12.9. The monoisotopic (exact) mass is 338 g/mol. The Hall–Kier alpha value is -2.28. The van der Waals surface area contributed by atoms with Gasteiger partial charge >= 0.3 is 5.97 Å². The number of carboxylic acids is 1. The molecule has 0 spiro atoms. The normalized spacial score (nSPS) is 10.1. The standard InChI is InChI=1S/C13H8BrFN2O3/c14-9-5-8(15)2-4-10(9)17-12(18)7-1-3-11(13(19)20)16-6-7/h1-6H,(H,17,18)(H,19,20). The van der Waals surface area contributed by atoms with Crippen LogP contribution >= 0.6 is 15.9 Å². The zero-order valence-corrected chi connectivity index (χ0v) is 11.5. The Balaban J connectivity index is 2.17. The van der Waals surface area contributed by atoms with Gasteiger partial charge in [-0.15, -0.1) is 0 Å². The topological polar surface area (TPSA) is 79.3 Å². The average molecular weight is 339 g/mol. The minimum Gasteiger partial charge on any atom is -0.477 e. The number of benzene rings is 1. The summed E-state index contributed by atoms with van der Waals surface area (Å²) >= 11 is 3.13. The van der Waals surface area contributed by atoms with Gasteiger partial charge in [0.25, 0.3) is 5.91 Å². The Morgan fingerprint density at radius 2 is 2.00 bits per heavy atom. The largest absolute Gasteiger partial charge is 0.477 e. The highest BCUT2D eigenvalue weighted by atomic mass is 79.9. The molecule has 0 saturated carbocycles. The zero-order valence-electron chi connectivity index (χ0n) is 9.93. The minimum absolute atomic E-state index is 0.149. The van der Waals surface area contributed by atoms with Crippen LogP contribution in [0.2, 0.25) is 0 Å². The molecule has 2 N–H and O–H groups in total. The number of aromatic nitrogens is 1. The number of rotatable bonds is 3. The lowest BCUT2D eigenvalue weighted by Crippen LogP contribution is -2.13. The number of pyridine rings is 1. The summed E-state index contributed by atoms with van der Waals surface area (Å²) < 4.78 is 13.3. The molecule has 0 fully saturated rings. The Labute approximate surface area is 121 Å². The Bertz CT molecular complexity index is 674. The van der Waals surface area contributed by atoms with Gasteiger partial charge < -0.3 is 10.4 Å². The van der Waals surface area contributed by atoms with Gasteiger partial charge in [0.1, 0.15) is 11.5 Å². The highest BCUT2D eigenvalue weighted by Gasteiger charge is 2.11. The smallest absolute Gasteiger partial charge is 0.354 e. The van der Waals surface area contributed by atoms with Crippen LogP contribution in [0.3, 0.4) is 0 Å². The van der Waals surface area contributed by atoms with Crippen LogP contribution in [0.1, 0.15) is 20.8 Å². The predicted molar refractivity (Wildman–Crippen MR) is 73.2 cm³/mol. The molecule has 1 heterocycles. The zero-order chi connectivity index (χ0) is 14.7. The van der Waals surface area contributed by atoms with E-state index in [0.29, 0.717) is 10.2 Å². The number of amides is 1. The summed E-state index contributed by atoms with van der Waals surface area (Å²) in [6, 6.07) is 6.43. The van der Waals surface area contributed by atoms with Crippen LogP contribution in [0.4, 0.5) is 10.1 Å². The van der Waals surface area contributed by atoms with E-state index in [1.807, 2.05) is 0 Å². The third-order valence-electron chi connectivity index (χ3n) is 2.42. The van der Waals surface area contributed by atoms with Crippen molar-refractivity contribution in [3.05, 3.63) is 58.1 Å². The van der Waals surface area contributed by atoms with Gasteiger partial charge in [0.2, 0.25) is 0 Å². The van der Waals surface area contributed by atoms with Gasteiger partial charge in [-0.25, -0.2) is 14.2 Å². The third-order valence-corrected chi connectivity index (χ3v) is 3.08. The Morgan fingerprint density at radius 1 is 1.25 bits per heavy atom. The highest BCUT2D eigenvalue weighted by molar-refractivity contribution is 9.10. The van der Waals surface area contributed by atoms with Crippen molar-refractivity contribution in [1.82, 2.24) is 4.98 Å². The summed E-state index contributed by atoms with van der Waals surface area (Å²) in [6.07, 6.45) is 1.16. The van der Waals surface area contributed by atoms with E-state index in [2.05, 4.69) is 26.2 Å². The van der Waals surface area contributed by atoms with Crippen LogP contribution in [-0.2, 0) is 0 Å². The summed E-state index contributed by atoms with van der Waals surface area (Å²) in [6.45, 7) is 0. The summed E-state index contributed by atoms with van der Waals surface area (Å²) in [5.74, 6) is -2.07. The number of aromatic carboxylic acids is 1. The summed E-state index contributed by atoms with van der Waals surface area (Å²) in [5.41, 5.74) is 0.453. The molecule has 0 aliphatic heterocycles. The molecule has 2 rings (SSSR count). The quantitative estimate of drug-likeness (QED) is 0.901. The molecule has 102 valence electrons. The molecule has 5 nitrogen and oxygen atoms in total. The molecule has 1 aromatic heterocycles. The molecule has 0 aliphatic carbocycles. The first kappa shape index (κ1) is 14.1. The number of halogens is 2. The molecule has 1 amide bonds. The van der Waals surface area contributed by atoms with Crippen molar-refractivity contribution >= 4 is 33.5 Å². The molecule has 0 atom stereocenters. The molecule has 0 saturated heterocycles. The minimum atomic E-state index is -1.17. The fourth-order valence-electron chi connectivity index (χ4n) is 1.44. The number of hydrogen-bond donors (Lipinski definition) is 2. The fourth-order valence-corrected chi connectivity index (χ4v) is 1.89. The molecular formula is C13H8BrFN2O3. The second-order valence-electron chi connectivity index (χ2n) is 3.82. The number of carboxylic acid groups (broad SMARTS) is 1. The van der Waals surface area contributed by atoms with Crippen molar-refractivity contribution in [3.63, 3.8) is 0 Å². The Morgan fingerprint density at radius 3 is 2.55 bits per heavy atom. The van der Waals surface area contributed by atoms with E-state index in [0.717, 1.165) is 6.20 Å². The fraction of sp³-hybridized carbons (Fsp3) is 0. The lowest BCUT2D eigenvalue weighted by molar-refractivity contribution is 0.0690. The van der Waals surface area contributed by atoms with Crippen molar-refractivity contribution in [1.29, 1.82) is 0 Å². The van der Waals surface area contributed by atoms with Gasteiger partial charge in [0, 0.05) is 10.7 Å². The van der Waals surface area contributed by atoms with E-state index in [1.165, 1.54) is 30.3 Å². The number of nitrogens with zero attached hydrogens (tertiary/aromatic N) is 1. The molecule has 0 unspecified atom stereocenters. The van der Waals surface area contributed by atoms with Crippen LogP contribution in [0.25, 0.3) is 0 Å². The molecule has 7 heteroatoms. The van der Waals surface area contributed by atoms with Crippen molar-refractivity contribution in [2.24, 2.45) is 0 Å². The molecule has 0 aliphatic rings. The second-order valence-corrected chi connectivity index (χ2v) is 4.67. The van der Waals surface area contributed by atoms with Crippen LogP contribution in [0.15, 0.2) is 41.0 Å². The van der Waals surface area contributed by atoms with E-state index < -0.39 is 17.7 Å². The van der Waals surface area contributed by atoms with Crippen molar-refractivity contribution < 1.29 is 19.1 Å². The van der Waals surface area contributed by atoms with E-state index in [4.69, 9.17) is 5.11 Å². The van der Waals surface area contributed by atoms with Gasteiger partial charge in [0.05, 0.1) is 11.3 Å². The van der Waals surface area contributed by atoms with Crippen LogP contribution in [0.5, 0.6) is 0 Å². The van der Waals surface area contributed by atoms with Crippen molar-refractivity contribution in [2.45, 2.75) is 0 Å². The van der Waals surface area contributed by atoms with Crippen molar-refractivity contribution in [2.75, 3.05) is 5.32 Å². The number of carbonyl (C=O) groups is 2. The second kappa shape index (κ2) is 5.79. The summed E-state index contributed by atoms with van der Waals surface area (Å²) in [7, 11) is 0. The molecule has 0 radical (unpaired) electrons. The van der Waals surface area contributed by atoms with Crippen LogP contribution in [0, 0.1) is 5.82 Å². The number of nitrogens with one attached hydrogen (secondary N) is 1. The lowest BCUT2D eigenvalue weighted by Gasteiger charge is -2.07. The van der Waals surface area contributed by atoms with Gasteiger partial charge in [-0.05, 0) is 46.3 Å². The Kier molecular flexibility index (Phi) is 4.09. The lowest BCUT2D eigenvalue weighted by atomic mass is 10.2. The first-order chi connectivity index (χ1) is 9.47. The first-order valence-corrected chi connectivity index (χ1v) is 6.22. The molecular weight excluding hydrogens is 331 g/mol. The molecule has 20 heavy (non-hydrogen) atoms. The molecule has 0 bridgehead atoms. The number of hydrogen-bond acceptors (Lipinski definition) is 3. The average Bonchev–Trinajstić information content (AvgIpc) is 2.42. The van der Waals surface area contributed by atoms with Gasteiger partial charge in [-0.3, -0.25) is 4.79 Å². The number of anilines is 1. The SMILES string of the molecule is O=C(Nc1ccc(F)cc1Br)c1ccc(C(=O)O)nc1. The molecule has 1 aromatic carbocycles.